The lowest BCUT2D eigenvalue weighted by molar-refractivity contribution is -0.136. The van der Waals surface area contributed by atoms with Crippen LogP contribution >= 0.6 is 0 Å². The fourth-order valence-electron chi connectivity index (χ4n) is 2.35. The average Bonchev–Trinajstić information content (AvgIpc) is 3.04. The maximum absolute atomic E-state index is 10.7. The smallest absolute Gasteiger partial charge is 0.307 e. The van der Waals surface area contributed by atoms with E-state index in [1.165, 1.54) is 0 Å². The van der Waals surface area contributed by atoms with Gasteiger partial charge >= 0.3 is 5.97 Å². The SMILES string of the molecule is O=C(O)Cc1ccc(Nc2ccc(C3=NCCN3)cc2)cc1. The van der Waals surface area contributed by atoms with Crippen LogP contribution in [0.15, 0.2) is 53.5 Å². The molecule has 5 heteroatoms. The van der Waals surface area contributed by atoms with Crippen LogP contribution in [0.25, 0.3) is 0 Å². The Balaban J connectivity index is 1.66. The molecule has 0 saturated heterocycles. The molecule has 0 amide bonds. The Morgan fingerprint density at radius 3 is 2.27 bits per heavy atom. The highest BCUT2D eigenvalue weighted by atomic mass is 16.4. The van der Waals surface area contributed by atoms with Crippen molar-refractivity contribution in [2.75, 3.05) is 18.4 Å². The summed E-state index contributed by atoms with van der Waals surface area (Å²) >= 11 is 0. The van der Waals surface area contributed by atoms with Crippen molar-refractivity contribution >= 4 is 23.2 Å². The molecule has 2 aromatic rings. The minimum absolute atomic E-state index is 0.0457. The topological polar surface area (TPSA) is 73.7 Å². The Kier molecular flexibility index (Phi) is 4.05. The van der Waals surface area contributed by atoms with Crippen molar-refractivity contribution in [3.63, 3.8) is 0 Å². The zero-order valence-corrected chi connectivity index (χ0v) is 12.0. The van der Waals surface area contributed by atoms with Gasteiger partial charge in [0, 0.05) is 23.5 Å². The number of benzene rings is 2. The number of nitrogens with one attached hydrogen (secondary N) is 2. The number of hydrogen-bond acceptors (Lipinski definition) is 4. The van der Waals surface area contributed by atoms with Crippen LogP contribution in [0.5, 0.6) is 0 Å². The molecule has 0 radical (unpaired) electrons. The van der Waals surface area contributed by atoms with E-state index in [9.17, 15) is 4.79 Å². The van der Waals surface area contributed by atoms with Gasteiger partial charge < -0.3 is 15.7 Å². The lowest BCUT2D eigenvalue weighted by Gasteiger charge is -2.08. The normalized spacial score (nSPS) is 13.4. The van der Waals surface area contributed by atoms with Crippen LogP contribution in [0.2, 0.25) is 0 Å². The van der Waals surface area contributed by atoms with Crippen LogP contribution in [0.3, 0.4) is 0 Å². The van der Waals surface area contributed by atoms with Crippen molar-refractivity contribution in [2.24, 2.45) is 4.99 Å². The van der Waals surface area contributed by atoms with Crippen molar-refractivity contribution in [1.82, 2.24) is 5.32 Å². The number of carbonyl (C=O) groups is 1. The van der Waals surface area contributed by atoms with Crippen molar-refractivity contribution in [3.8, 4) is 0 Å². The Morgan fingerprint density at radius 1 is 1.09 bits per heavy atom. The first-order chi connectivity index (χ1) is 10.7. The second-order valence-electron chi connectivity index (χ2n) is 5.13. The summed E-state index contributed by atoms with van der Waals surface area (Å²) in [6.07, 6.45) is 0.0457. The first kappa shape index (κ1) is 14.1. The van der Waals surface area contributed by atoms with Gasteiger partial charge in [0.15, 0.2) is 0 Å². The van der Waals surface area contributed by atoms with E-state index < -0.39 is 5.97 Å². The molecule has 0 spiro atoms. The minimum Gasteiger partial charge on any atom is -0.481 e. The summed E-state index contributed by atoms with van der Waals surface area (Å²) in [5.74, 6) is 0.129. The number of aliphatic carboxylic acids is 1. The minimum atomic E-state index is -0.820. The van der Waals surface area contributed by atoms with E-state index in [4.69, 9.17) is 5.11 Å². The molecule has 1 aliphatic heterocycles. The predicted molar refractivity (Wildman–Crippen MR) is 86.9 cm³/mol. The molecule has 22 heavy (non-hydrogen) atoms. The van der Waals surface area contributed by atoms with Crippen molar-refractivity contribution in [1.29, 1.82) is 0 Å². The van der Waals surface area contributed by atoms with Gasteiger partial charge in [0.05, 0.1) is 13.0 Å². The van der Waals surface area contributed by atoms with Gasteiger partial charge in [-0.2, -0.15) is 0 Å². The second-order valence-corrected chi connectivity index (χ2v) is 5.13. The van der Waals surface area contributed by atoms with Crippen LogP contribution in [-0.2, 0) is 11.2 Å². The molecule has 0 saturated carbocycles. The second kappa shape index (κ2) is 6.30. The number of rotatable bonds is 5. The van der Waals surface area contributed by atoms with Gasteiger partial charge in [-0.3, -0.25) is 9.79 Å². The molecule has 112 valence electrons. The maximum atomic E-state index is 10.7. The lowest BCUT2D eigenvalue weighted by Crippen LogP contribution is -2.19. The van der Waals surface area contributed by atoms with Gasteiger partial charge in [0.2, 0.25) is 0 Å². The predicted octanol–water partition coefficient (Wildman–Crippen LogP) is 2.41. The van der Waals surface area contributed by atoms with Gasteiger partial charge in [-0.25, -0.2) is 0 Å². The highest BCUT2D eigenvalue weighted by Gasteiger charge is 2.07. The summed E-state index contributed by atoms with van der Waals surface area (Å²) in [5, 5.41) is 15.3. The molecule has 0 fully saturated rings. The highest BCUT2D eigenvalue weighted by Crippen LogP contribution is 2.18. The number of nitrogens with zero attached hydrogens (tertiary/aromatic N) is 1. The molecule has 0 aromatic heterocycles. The summed E-state index contributed by atoms with van der Waals surface area (Å²) in [6, 6.07) is 15.5. The molecule has 2 aromatic carbocycles. The Morgan fingerprint density at radius 2 is 1.73 bits per heavy atom. The van der Waals surface area contributed by atoms with E-state index in [0.29, 0.717) is 0 Å². The quantitative estimate of drug-likeness (QED) is 0.792. The first-order valence-corrected chi connectivity index (χ1v) is 7.17. The Hall–Kier alpha value is -2.82. The summed E-state index contributed by atoms with van der Waals surface area (Å²) < 4.78 is 0. The average molecular weight is 295 g/mol. The largest absolute Gasteiger partial charge is 0.481 e. The van der Waals surface area contributed by atoms with Crippen LogP contribution in [0.1, 0.15) is 11.1 Å². The molecule has 1 aliphatic rings. The number of carboxylic acids is 1. The van der Waals surface area contributed by atoms with Crippen LogP contribution < -0.4 is 10.6 Å². The van der Waals surface area contributed by atoms with E-state index in [0.717, 1.165) is 41.4 Å². The van der Waals surface area contributed by atoms with Crippen LogP contribution in [-0.4, -0.2) is 30.0 Å². The van der Waals surface area contributed by atoms with Crippen LogP contribution in [0.4, 0.5) is 11.4 Å². The third kappa shape index (κ3) is 3.44. The van der Waals surface area contributed by atoms with Gasteiger partial charge in [0.1, 0.15) is 5.84 Å². The van der Waals surface area contributed by atoms with Crippen molar-refractivity contribution < 1.29 is 9.90 Å². The third-order valence-corrected chi connectivity index (χ3v) is 3.43. The summed E-state index contributed by atoms with van der Waals surface area (Å²) in [4.78, 5) is 15.0. The van der Waals surface area contributed by atoms with Crippen molar-refractivity contribution in [3.05, 3.63) is 59.7 Å². The summed E-state index contributed by atoms with van der Waals surface area (Å²) in [6.45, 7) is 1.73. The van der Waals surface area contributed by atoms with Gasteiger partial charge in [-0.1, -0.05) is 12.1 Å². The fourth-order valence-corrected chi connectivity index (χ4v) is 2.35. The molecule has 0 bridgehead atoms. The zero-order chi connectivity index (χ0) is 15.4. The molecule has 3 N–H and O–H groups in total. The zero-order valence-electron chi connectivity index (χ0n) is 12.0. The number of aliphatic imine (C=N–C) groups is 1. The fraction of sp³-hybridized carbons (Fsp3) is 0.176. The number of carboxylic acid groups (broad SMARTS) is 1. The van der Waals surface area contributed by atoms with E-state index in [1.54, 1.807) is 0 Å². The Labute approximate surface area is 128 Å². The monoisotopic (exact) mass is 295 g/mol. The van der Waals surface area contributed by atoms with E-state index in [1.807, 2.05) is 48.5 Å². The molecular weight excluding hydrogens is 278 g/mol. The molecule has 1 heterocycles. The molecule has 5 nitrogen and oxygen atoms in total. The highest BCUT2D eigenvalue weighted by molar-refractivity contribution is 6.00. The third-order valence-electron chi connectivity index (χ3n) is 3.43. The number of anilines is 2. The number of hydrogen-bond donors (Lipinski definition) is 3. The van der Waals surface area contributed by atoms with Gasteiger partial charge in [-0.05, 0) is 42.0 Å². The molecule has 0 unspecified atom stereocenters. The van der Waals surface area contributed by atoms with E-state index >= 15 is 0 Å². The molecule has 3 rings (SSSR count). The van der Waals surface area contributed by atoms with Crippen molar-refractivity contribution in [2.45, 2.75) is 6.42 Å². The number of amidine groups is 1. The van der Waals surface area contributed by atoms with E-state index in [-0.39, 0.29) is 6.42 Å². The lowest BCUT2D eigenvalue weighted by atomic mass is 10.1. The summed E-state index contributed by atoms with van der Waals surface area (Å²) in [5.41, 5.74) is 3.78. The first-order valence-electron chi connectivity index (χ1n) is 7.17. The van der Waals surface area contributed by atoms with Gasteiger partial charge in [0.25, 0.3) is 0 Å². The van der Waals surface area contributed by atoms with Gasteiger partial charge in [-0.15, -0.1) is 0 Å². The van der Waals surface area contributed by atoms with E-state index in [2.05, 4.69) is 15.6 Å². The molecular formula is C17H17N3O2. The maximum Gasteiger partial charge on any atom is 0.307 e. The summed E-state index contributed by atoms with van der Waals surface area (Å²) in [7, 11) is 0. The standard InChI is InChI=1S/C17H17N3O2/c21-16(22)11-12-1-5-14(6-2-12)20-15-7-3-13(4-8-15)17-18-9-10-19-17/h1-8,20H,9-11H2,(H,18,19)(H,21,22). The van der Waals surface area contributed by atoms with Crippen LogP contribution in [0, 0.1) is 0 Å². The molecule has 0 atom stereocenters. The Bertz CT molecular complexity index is 691. The molecule has 0 aliphatic carbocycles.